The van der Waals surface area contributed by atoms with Crippen LogP contribution >= 0.6 is 46.3 Å². The highest BCUT2D eigenvalue weighted by Gasteiger charge is 2.05. The molecule has 0 unspecified atom stereocenters. The summed E-state index contributed by atoms with van der Waals surface area (Å²) in [6, 6.07) is 1.89. The fourth-order valence-corrected chi connectivity index (χ4v) is 2.16. The van der Waals surface area contributed by atoms with E-state index in [2.05, 4.69) is 33.2 Å². The van der Waals surface area contributed by atoms with Gasteiger partial charge in [0.25, 0.3) is 5.91 Å². The third-order valence-corrected chi connectivity index (χ3v) is 3.28. The van der Waals surface area contributed by atoms with Crippen molar-refractivity contribution in [1.82, 2.24) is 10.6 Å². The molecule has 0 aromatic carbocycles. The molecule has 3 nitrogen and oxygen atoms in total. The van der Waals surface area contributed by atoms with Gasteiger partial charge < -0.3 is 10.6 Å². The van der Waals surface area contributed by atoms with E-state index in [0.29, 0.717) is 6.54 Å². The van der Waals surface area contributed by atoms with Crippen LogP contribution in [0.2, 0.25) is 0 Å². The minimum Gasteiger partial charge on any atom is -0.351 e. The summed E-state index contributed by atoms with van der Waals surface area (Å²) in [5.74, 6) is 0.00872. The normalized spacial score (nSPS) is 9.29. The van der Waals surface area contributed by atoms with Gasteiger partial charge in [0.1, 0.15) is 0 Å². The van der Waals surface area contributed by atoms with E-state index < -0.39 is 0 Å². The van der Waals surface area contributed by atoms with Crippen LogP contribution in [-0.4, -0.2) is 26.0 Å². The fraction of sp³-hybridized carbons (Fsp3) is 0.375. The molecule has 0 aliphatic heterocycles. The molecule has 0 bridgehead atoms. The van der Waals surface area contributed by atoms with Gasteiger partial charge in [0.15, 0.2) is 0 Å². The van der Waals surface area contributed by atoms with E-state index in [0.717, 1.165) is 15.0 Å². The Morgan fingerprint density at radius 1 is 1.57 bits per heavy atom. The first-order chi connectivity index (χ1) is 6.24. The third-order valence-electron chi connectivity index (χ3n) is 1.49. The number of amides is 1. The van der Waals surface area contributed by atoms with E-state index in [4.69, 9.17) is 0 Å². The van der Waals surface area contributed by atoms with Crippen molar-refractivity contribution in [3.05, 3.63) is 19.9 Å². The Balaban J connectivity index is 0.00000169. The Morgan fingerprint density at radius 3 is 2.79 bits per heavy atom. The highest BCUT2D eigenvalue weighted by Crippen LogP contribution is 2.16. The Bertz CT molecular complexity index is 293. The van der Waals surface area contributed by atoms with Gasteiger partial charge in [0.05, 0.1) is 8.45 Å². The van der Waals surface area contributed by atoms with Crippen molar-refractivity contribution in [1.29, 1.82) is 0 Å². The second-order valence-corrected chi connectivity index (χ2v) is 5.30. The summed E-state index contributed by atoms with van der Waals surface area (Å²) in [6.45, 7) is 1.47. The molecule has 1 heterocycles. The van der Waals surface area contributed by atoms with Gasteiger partial charge in [0, 0.05) is 18.5 Å². The van der Waals surface area contributed by atoms with Crippen LogP contribution in [0.3, 0.4) is 0 Å². The van der Waals surface area contributed by atoms with Gasteiger partial charge in [-0.1, -0.05) is 0 Å². The van der Waals surface area contributed by atoms with Crippen molar-refractivity contribution in [2.75, 3.05) is 20.1 Å². The highest BCUT2D eigenvalue weighted by atomic mass is 127. The topological polar surface area (TPSA) is 41.1 Å². The molecule has 1 aromatic rings. The van der Waals surface area contributed by atoms with Crippen LogP contribution in [0.1, 0.15) is 10.4 Å². The Hall–Kier alpha value is 0.150. The first-order valence-corrected chi connectivity index (χ1v) is 5.86. The first-order valence-electron chi connectivity index (χ1n) is 3.91. The molecule has 6 heteroatoms. The maximum absolute atomic E-state index is 11.4. The number of likely N-dealkylation sites (N-methyl/N-ethyl adjacent to an activating group) is 1. The molecule has 1 amide bonds. The molecule has 0 fully saturated rings. The second-order valence-electron chi connectivity index (χ2n) is 2.50. The van der Waals surface area contributed by atoms with Crippen LogP contribution in [0.5, 0.6) is 0 Å². The average Bonchev–Trinajstić information content (AvgIpc) is 2.52. The molecule has 2 N–H and O–H groups in total. The van der Waals surface area contributed by atoms with Crippen molar-refractivity contribution in [2.24, 2.45) is 0 Å². The van der Waals surface area contributed by atoms with Gasteiger partial charge in [-0.3, -0.25) is 4.79 Å². The van der Waals surface area contributed by atoms with Gasteiger partial charge in [-0.15, -0.1) is 23.7 Å². The second kappa shape index (κ2) is 7.44. The quantitative estimate of drug-likeness (QED) is 0.644. The molecule has 0 aliphatic rings. The van der Waals surface area contributed by atoms with Crippen LogP contribution < -0.4 is 10.6 Å². The number of nitrogens with one attached hydrogen (secondary N) is 2. The maximum Gasteiger partial charge on any atom is 0.252 e. The molecule has 0 radical (unpaired) electrons. The van der Waals surface area contributed by atoms with Gasteiger partial charge in [-0.25, -0.2) is 0 Å². The number of hydrogen-bond donors (Lipinski definition) is 2. The van der Waals surface area contributed by atoms with Gasteiger partial charge >= 0.3 is 0 Å². The predicted molar refractivity (Wildman–Crippen MR) is 70.5 cm³/mol. The minimum atomic E-state index is 0. The van der Waals surface area contributed by atoms with Gasteiger partial charge in [0.2, 0.25) is 0 Å². The number of halogens is 2. The summed E-state index contributed by atoms with van der Waals surface area (Å²) >= 11 is 3.79. The number of carbonyl (C=O) groups is 1. The summed E-state index contributed by atoms with van der Waals surface area (Å²) in [7, 11) is 1.86. The number of thiophene rings is 1. The number of rotatable bonds is 4. The lowest BCUT2D eigenvalue weighted by atomic mass is 10.3. The minimum absolute atomic E-state index is 0. The zero-order valence-electron chi connectivity index (χ0n) is 7.67. The van der Waals surface area contributed by atoms with Crippen LogP contribution in [0.25, 0.3) is 0 Å². The maximum atomic E-state index is 11.4. The largest absolute Gasteiger partial charge is 0.351 e. The van der Waals surface area contributed by atoms with Crippen LogP contribution in [0, 0.1) is 2.88 Å². The Kier molecular flexibility index (Phi) is 7.52. The molecular formula is C8H12ClIN2OS. The molecule has 0 atom stereocenters. The lowest BCUT2D eigenvalue weighted by molar-refractivity contribution is 0.0954. The van der Waals surface area contributed by atoms with Crippen LogP contribution in [-0.2, 0) is 0 Å². The van der Waals surface area contributed by atoms with Gasteiger partial charge in [-0.05, 0) is 35.7 Å². The molecule has 0 saturated carbocycles. The standard InChI is InChI=1S/C8H11IN2OS.ClH/c1-10-2-3-11-8(12)6-4-7(9)13-5-6;/h4-5,10H,2-3H2,1H3,(H,11,12);1H. The van der Waals surface area contributed by atoms with E-state index in [1.54, 1.807) is 11.3 Å². The molecule has 0 saturated heterocycles. The fourth-order valence-electron chi connectivity index (χ4n) is 0.832. The number of hydrogen-bond acceptors (Lipinski definition) is 3. The smallest absolute Gasteiger partial charge is 0.252 e. The first kappa shape index (κ1) is 14.2. The van der Waals surface area contributed by atoms with Crippen LogP contribution in [0.15, 0.2) is 11.4 Å². The van der Waals surface area contributed by atoms with Crippen molar-refractivity contribution < 1.29 is 4.79 Å². The van der Waals surface area contributed by atoms with Gasteiger partial charge in [-0.2, -0.15) is 0 Å². The number of carbonyl (C=O) groups excluding carboxylic acids is 1. The summed E-state index contributed by atoms with van der Waals surface area (Å²) < 4.78 is 1.14. The lowest BCUT2D eigenvalue weighted by Crippen LogP contribution is -2.30. The molecule has 14 heavy (non-hydrogen) atoms. The van der Waals surface area contributed by atoms with E-state index >= 15 is 0 Å². The van der Waals surface area contributed by atoms with Crippen molar-refractivity contribution in [3.8, 4) is 0 Å². The molecule has 0 aliphatic carbocycles. The van der Waals surface area contributed by atoms with E-state index in [-0.39, 0.29) is 18.3 Å². The summed E-state index contributed by atoms with van der Waals surface area (Å²) in [5, 5.41) is 7.65. The molecule has 1 aromatic heterocycles. The summed E-state index contributed by atoms with van der Waals surface area (Å²) in [4.78, 5) is 11.4. The van der Waals surface area contributed by atoms with E-state index in [1.807, 2.05) is 18.5 Å². The van der Waals surface area contributed by atoms with Crippen molar-refractivity contribution in [3.63, 3.8) is 0 Å². The van der Waals surface area contributed by atoms with Crippen molar-refractivity contribution >= 4 is 52.2 Å². The average molecular weight is 347 g/mol. The van der Waals surface area contributed by atoms with Crippen molar-refractivity contribution in [2.45, 2.75) is 0 Å². The van der Waals surface area contributed by atoms with E-state index in [1.165, 1.54) is 0 Å². The SMILES string of the molecule is CNCCNC(=O)c1csc(I)c1.Cl. The molecule has 1 rings (SSSR count). The predicted octanol–water partition coefficient (Wildman–Crippen LogP) is 1.72. The zero-order valence-corrected chi connectivity index (χ0v) is 11.5. The van der Waals surface area contributed by atoms with E-state index in [9.17, 15) is 4.79 Å². The highest BCUT2D eigenvalue weighted by molar-refractivity contribution is 14.1. The lowest BCUT2D eigenvalue weighted by Gasteiger charge is -2.01. The summed E-state index contributed by atoms with van der Waals surface area (Å²) in [5.41, 5.74) is 0.755. The molecular weight excluding hydrogens is 335 g/mol. The van der Waals surface area contributed by atoms with Crippen LogP contribution in [0.4, 0.5) is 0 Å². The summed E-state index contributed by atoms with van der Waals surface area (Å²) in [6.07, 6.45) is 0. The molecule has 0 spiro atoms. The molecule has 80 valence electrons. The Morgan fingerprint density at radius 2 is 2.29 bits per heavy atom. The monoisotopic (exact) mass is 346 g/mol. The Labute approximate surface area is 107 Å². The zero-order chi connectivity index (χ0) is 9.68. The third kappa shape index (κ3) is 4.59.